The van der Waals surface area contributed by atoms with E-state index < -0.39 is 0 Å². The second-order valence-corrected chi connectivity index (χ2v) is 5.93. The molecule has 2 aromatic carbocycles. The van der Waals surface area contributed by atoms with Crippen LogP contribution >= 0.6 is 0 Å². The summed E-state index contributed by atoms with van der Waals surface area (Å²) in [5.41, 5.74) is 4.86. The van der Waals surface area contributed by atoms with E-state index in [1.807, 2.05) is 7.05 Å². The zero-order valence-electron chi connectivity index (χ0n) is 13.7. The monoisotopic (exact) mass is 283 g/mol. The normalized spacial score (nSPS) is 11.0. The Hall–Kier alpha value is -1.80. The molecule has 1 N–H and O–H groups in total. The lowest BCUT2D eigenvalue weighted by molar-refractivity contribution is 0.468. The Bertz CT molecular complexity index is 617. The molecule has 2 rings (SSSR count). The molecule has 0 saturated heterocycles. The highest BCUT2D eigenvalue weighted by atomic mass is 16.5. The third-order valence-electron chi connectivity index (χ3n) is 3.64. The van der Waals surface area contributed by atoms with Crippen LogP contribution in [0.25, 0.3) is 0 Å². The molecule has 0 aromatic heterocycles. The molecule has 0 atom stereocenters. The molecule has 0 saturated carbocycles. The first-order valence-electron chi connectivity index (χ1n) is 7.53. The molecule has 2 heteroatoms. The van der Waals surface area contributed by atoms with Crippen molar-refractivity contribution in [1.82, 2.24) is 5.32 Å². The number of aryl methyl sites for hydroxylation is 2. The van der Waals surface area contributed by atoms with Gasteiger partial charge in [-0.3, -0.25) is 0 Å². The molecule has 0 bridgehead atoms. The molecule has 0 amide bonds. The number of rotatable bonds is 5. The largest absolute Gasteiger partial charge is 0.457 e. The van der Waals surface area contributed by atoms with Gasteiger partial charge in [0.2, 0.25) is 0 Å². The lowest BCUT2D eigenvalue weighted by atomic mass is 10.0. The van der Waals surface area contributed by atoms with Crippen molar-refractivity contribution in [3.63, 3.8) is 0 Å². The maximum absolute atomic E-state index is 6.24. The van der Waals surface area contributed by atoms with Crippen LogP contribution in [-0.4, -0.2) is 7.05 Å². The minimum absolute atomic E-state index is 0.446. The van der Waals surface area contributed by atoms with Gasteiger partial charge in [-0.2, -0.15) is 0 Å². The molecule has 0 spiro atoms. The van der Waals surface area contributed by atoms with Crippen LogP contribution in [0, 0.1) is 13.8 Å². The van der Waals surface area contributed by atoms with Gasteiger partial charge in [0.1, 0.15) is 11.5 Å². The highest BCUT2D eigenvalue weighted by Gasteiger charge is 2.11. The van der Waals surface area contributed by atoms with E-state index in [2.05, 4.69) is 69.4 Å². The van der Waals surface area contributed by atoms with Crippen LogP contribution < -0.4 is 10.1 Å². The van der Waals surface area contributed by atoms with E-state index in [4.69, 9.17) is 4.74 Å². The molecule has 0 aliphatic rings. The van der Waals surface area contributed by atoms with Gasteiger partial charge in [0.15, 0.2) is 0 Å². The van der Waals surface area contributed by atoms with Crippen LogP contribution in [-0.2, 0) is 6.54 Å². The fourth-order valence-electron chi connectivity index (χ4n) is 2.39. The average molecular weight is 283 g/mol. The molecule has 2 aromatic rings. The summed E-state index contributed by atoms with van der Waals surface area (Å²) in [5, 5.41) is 3.18. The zero-order valence-corrected chi connectivity index (χ0v) is 13.7. The molecule has 0 aliphatic heterocycles. The predicted octanol–water partition coefficient (Wildman–Crippen LogP) is 4.94. The Kier molecular flexibility index (Phi) is 5.03. The van der Waals surface area contributed by atoms with Gasteiger partial charge in [0, 0.05) is 6.54 Å². The van der Waals surface area contributed by atoms with E-state index in [0.717, 1.165) is 23.6 Å². The number of benzene rings is 2. The van der Waals surface area contributed by atoms with Gasteiger partial charge in [0.25, 0.3) is 0 Å². The maximum Gasteiger partial charge on any atom is 0.131 e. The van der Waals surface area contributed by atoms with Crippen molar-refractivity contribution >= 4 is 0 Å². The fraction of sp³-hybridized carbons (Fsp3) is 0.368. The SMILES string of the molecule is CNCc1ccc(C)c(Oc2cc(C)ccc2C(C)C)c1. The summed E-state index contributed by atoms with van der Waals surface area (Å²) in [6.07, 6.45) is 0. The topological polar surface area (TPSA) is 21.3 Å². The predicted molar refractivity (Wildman–Crippen MR) is 89.3 cm³/mol. The Labute approximate surface area is 128 Å². The molecular formula is C19H25NO. The Balaban J connectivity index is 2.37. The van der Waals surface area contributed by atoms with Crippen LogP contribution in [0.15, 0.2) is 36.4 Å². The van der Waals surface area contributed by atoms with E-state index in [-0.39, 0.29) is 0 Å². The van der Waals surface area contributed by atoms with Gasteiger partial charge in [0.05, 0.1) is 0 Å². The second-order valence-electron chi connectivity index (χ2n) is 5.93. The second kappa shape index (κ2) is 6.77. The number of hydrogen-bond acceptors (Lipinski definition) is 2. The molecule has 0 radical (unpaired) electrons. The highest BCUT2D eigenvalue weighted by molar-refractivity contribution is 5.45. The van der Waals surface area contributed by atoms with Crippen molar-refractivity contribution < 1.29 is 4.74 Å². The van der Waals surface area contributed by atoms with Crippen LogP contribution in [0.4, 0.5) is 0 Å². The van der Waals surface area contributed by atoms with E-state index >= 15 is 0 Å². The summed E-state index contributed by atoms with van der Waals surface area (Å²) in [7, 11) is 1.96. The van der Waals surface area contributed by atoms with Gasteiger partial charge in [-0.25, -0.2) is 0 Å². The minimum Gasteiger partial charge on any atom is -0.457 e. The Morgan fingerprint density at radius 2 is 1.76 bits per heavy atom. The average Bonchev–Trinajstić information content (AvgIpc) is 2.42. The van der Waals surface area contributed by atoms with Gasteiger partial charge < -0.3 is 10.1 Å². The van der Waals surface area contributed by atoms with Crippen molar-refractivity contribution in [3.05, 3.63) is 58.7 Å². The third kappa shape index (κ3) is 3.85. The summed E-state index contributed by atoms with van der Waals surface area (Å²) < 4.78 is 6.24. The quantitative estimate of drug-likeness (QED) is 0.839. The van der Waals surface area contributed by atoms with E-state index in [0.29, 0.717) is 5.92 Å². The number of nitrogens with one attached hydrogen (secondary N) is 1. The number of hydrogen-bond donors (Lipinski definition) is 1. The highest BCUT2D eigenvalue weighted by Crippen LogP contribution is 2.33. The Morgan fingerprint density at radius 1 is 1.00 bits per heavy atom. The van der Waals surface area contributed by atoms with E-state index in [1.165, 1.54) is 16.7 Å². The minimum atomic E-state index is 0.446. The Morgan fingerprint density at radius 3 is 2.43 bits per heavy atom. The first-order valence-corrected chi connectivity index (χ1v) is 7.53. The molecule has 0 heterocycles. The van der Waals surface area contributed by atoms with Crippen LogP contribution in [0.3, 0.4) is 0 Å². The van der Waals surface area contributed by atoms with Crippen LogP contribution in [0.1, 0.15) is 42.0 Å². The number of ether oxygens (including phenoxy) is 1. The van der Waals surface area contributed by atoms with Gasteiger partial charge in [-0.05, 0) is 61.2 Å². The van der Waals surface area contributed by atoms with E-state index in [9.17, 15) is 0 Å². The van der Waals surface area contributed by atoms with Crippen LogP contribution in [0.5, 0.6) is 11.5 Å². The molecule has 0 unspecified atom stereocenters. The molecular weight excluding hydrogens is 258 g/mol. The third-order valence-corrected chi connectivity index (χ3v) is 3.64. The zero-order chi connectivity index (χ0) is 15.4. The summed E-state index contributed by atoms with van der Waals surface area (Å²) in [6, 6.07) is 12.8. The van der Waals surface area contributed by atoms with Crippen LogP contribution in [0.2, 0.25) is 0 Å². The molecule has 112 valence electrons. The smallest absolute Gasteiger partial charge is 0.131 e. The first kappa shape index (κ1) is 15.6. The first-order chi connectivity index (χ1) is 10.0. The summed E-state index contributed by atoms with van der Waals surface area (Å²) in [4.78, 5) is 0. The molecule has 0 fully saturated rings. The lowest BCUT2D eigenvalue weighted by Gasteiger charge is -2.16. The van der Waals surface area contributed by atoms with Crippen molar-refractivity contribution in [2.45, 2.75) is 40.2 Å². The summed E-state index contributed by atoms with van der Waals surface area (Å²) in [5.74, 6) is 2.35. The molecule has 0 aliphatic carbocycles. The summed E-state index contributed by atoms with van der Waals surface area (Å²) in [6.45, 7) is 9.43. The summed E-state index contributed by atoms with van der Waals surface area (Å²) >= 11 is 0. The fourth-order valence-corrected chi connectivity index (χ4v) is 2.39. The van der Waals surface area contributed by atoms with Gasteiger partial charge >= 0.3 is 0 Å². The maximum atomic E-state index is 6.24. The van der Waals surface area contributed by atoms with Crippen molar-refractivity contribution in [2.24, 2.45) is 0 Å². The van der Waals surface area contributed by atoms with Crippen molar-refractivity contribution in [3.8, 4) is 11.5 Å². The standard InChI is InChI=1S/C19H25NO/c1-13(2)17-9-6-14(3)10-19(17)21-18-11-16(12-20-5)8-7-15(18)4/h6-11,13,20H,12H2,1-5H3. The van der Waals surface area contributed by atoms with Crippen molar-refractivity contribution in [2.75, 3.05) is 7.05 Å². The molecule has 2 nitrogen and oxygen atoms in total. The van der Waals surface area contributed by atoms with E-state index in [1.54, 1.807) is 0 Å². The molecule has 21 heavy (non-hydrogen) atoms. The van der Waals surface area contributed by atoms with Crippen molar-refractivity contribution in [1.29, 1.82) is 0 Å². The van der Waals surface area contributed by atoms with Gasteiger partial charge in [-0.1, -0.05) is 38.1 Å². The van der Waals surface area contributed by atoms with Gasteiger partial charge in [-0.15, -0.1) is 0 Å². The lowest BCUT2D eigenvalue weighted by Crippen LogP contribution is -2.05.